The summed E-state index contributed by atoms with van der Waals surface area (Å²) in [7, 11) is 0. The molecule has 1 saturated carbocycles. The minimum absolute atomic E-state index is 0.0118. The molecule has 142 valence electrons. The van der Waals surface area contributed by atoms with Gasteiger partial charge in [0.1, 0.15) is 0 Å². The average molecular weight is 350 g/mol. The lowest BCUT2D eigenvalue weighted by atomic mass is 9.93. The van der Waals surface area contributed by atoms with Gasteiger partial charge in [0.25, 0.3) is 0 Å². The van der Waals surface area contributed by atoms with E-state index in [0.717, 1.165) is 64.2 Å². The maximum absolute atomic E-state index is 12.9. The van der Waals surface area contributed by atoms with Crippen molar-refractivity contribution in [2.24, 2.45) is 17.8 Å². The van der Waals surface area contributed by atoms with Gasteiger partial charge >= 0.3 is 0 Å². The molecule has 3 rings (SSSR count). The summed E-state index contributed by atoms with van der Waals surface area (Å²) in [5, 5.41) is 3.67. The van der Waals surface area contributed by atoms with Gasteiger partial charge in [-0.1, -0.05) is 13.8 Å². The Balaban J connectivity index is 1.45. The molecule has 3 fully saturated rings. The number of rotatable bonds is 6. The van der Waals surface area contributed by atoms with Crippen LogP contribution < -0.4 is 5.32 Å². The second kappa shape index (κ2) is 8.52. The van der Waals surface area contributed by atoms with Crippen molar-refractivity contribution in [3.05, 3.63) is 0 Å². The van der Waals surface area contributed by atoms with E-state index in [9.17, 15) is 9.59 Å². The summed E-state index contributed by atoms with van der Waals surface area (Å²) in [5.41, 5.74) is 0. The quantitative estimate of drug-likeness (QED) is 0.800. The van der Waals surface area contributed by atoms with E-state index in [1.807, 2.05) is 11.8 Å². The van der Waals surface area contributed by atoms with Crippen LogP contribution in [0, 0.1) is 17.8 Å². The average Bonchev–Trinajstić information content (AvgIpc) is 3.49. The zero-order valence-corrected chi connectivity index (χ0v) is 16.0. The SMILES string of the molecule is CCC(C)C(=O)N1CCCC(C(=O)N2CCC(NCC3CC3)CC2)C1. The fourth-order valence-electron chi connectivity index (χ4n) is 4.08. The molecule has 1 aliphatic carbocycles. The number of nitrogens with zero attached hydrogens (tertiary/aromatic N) is 2. The summed E-state index contributed by atoms with van der Waals surface area (Å²) in [6.07, 6.45) is 7.67. The number of carbonyl (C=O) groups is 2. The van der Waals surface area contributed by atoms with Gasteiger partial charge in [0.2, 0.25) is 11.8 Å². The highest BCUT2D eigenvalue weighted by Gasteiger charge is 2.34. The number of likely N-dealkylation sites (tertiary alicyclic amines) is 2. The van der Waals surface area contributed by atoms with Crippen LogP contribution in [-0.4, -0.2) is 60.4 Å². The van der Waals surface area contributed by atoms with Gasteiger partial charge in [0, 0.05) is 38.1 Å². The van der Waals surface area contributed by atoms with E-state index in [2.05, 4.69) is 17.1 Å². The molecular weight excluding hydrogens is 314 g/mol. The highest BCUT2D eigenvalue weighted by atomic mass is 16.2. The van der Waals surface area contributed by atoms with Crippen molar-refractivity contribution >= 4 is 11.8 Å². The van der Waals surface area contributed by atoms with Crippen LogP contribution in [0.5, 0.6) is 0 Å². The van der Waals surface area contributed by atoms with Crippen LogP contribution in [0.3, 0.4) is 0 Å². The van der Waals surface area contributed by atoms with Crippen LogP contribution >= 0.6 is 0 Å². The minimum Gasteiger partial charge on any atom is -0.342 e. The molecular formula is C20H35N3O2. The first-order valence-corrected chi connectivity index (χ1v) is 10.4. The van der Waals surface area contributed by atoms with E-state index < -0.39 is 0 Å². The predicted octanol–water partition coefficient (Wildman–Crippen LogP) is 2.26. The molecule has 0 aromatic rings. The minimum atomic E-state index is 0.0118. The Hall–Kier alpha value is -1.10. The summed E-state index contributed by atoms with van der Waals surface area (Å²) in [6.45, 7) is 8.40. The summed E-state index contributed by atoms with van der Waals surface area (Å²) < 4.78 is 0. The molecule has 2 unspecified atom stereocenters. The van der Waals surface area contributed by atoms with Crippen LogP contribution in [-0.2, 0) is 9.59 Å². The molecule has 2 atom stereocenters. The van der Waals surface area contributed by atoms with Crippen LogP contribution in [0.4, 0.5) is 0 Å². The normalized spacial score (nSPS) is 26.6. The van der Waals surface area contributed by atoms with Crippen LogP contribution in [0.2, 0.25) is 0 Å². The fourth-order valence-corrected chi connectivity index (χ4v) is 4.08. The van der Waals surface area contributed by atoms with Crippen molar-refractivity contribution in [3.63, 3.8) is 0 Å². The summed E-state index contributed by atoms with van der Waals surface area (Å²) in [5.74, 6) is 1.50. The number of amides is 2. The Morgan fingerprint density at radius 2 is 1.76 bits per heavy atom. The summed E-state index contributed by atoms with van der Waals surface area (Å²) in [4.78, 5) is 29.3. The summed E-state index contributed by atoms with van der Waals surface area (Å²) >= 11 is 0. The summed E-state index contributed by atoms with van der Waals surface area (Å²) in [6, 6.07) is 0.583. The number of hydrogen-bond donors (Lipinski definition) is 1. The van der Waals surface area contributed by atoms with Gasteiger partial charge in [0.15, 0.2) is 0 Å². The van der Waals surface area contributed by atoms with E-state index in [1.165, 1.54) is 12.8 Å². The van der Waals surface area contributed by atoms with Crippen molar-refractivity contribution in [1.29, 1.82) is 0 Å². The largest absolute Gasteiger partial charge is 0.342 e. The van der Waals surface area contributed by atoms with Crippen molar-refractivity contribution < 1.29 is 9.59 Å². The predicted molar refractivity (Wildman–Crippen MR) is 99.1 cm³/mol. The Labute approximate surface area is 152 Å². The molecule has 5 nitrogen and oxygen atoms in total. The monoisotopic (exact) mass is 349 g/mol. The zero-order valence-electron chi connectivity index (χ0n) is 16.0. The zero-order chi connectivity index (χ0) is 17.8. The molecule has 2 aliphatic heterocycles. The van der Waals surface area contributed by atoms with E-state index >= 15 is 0 Å². The van der Waals surface area contributed by atoms with Gasteiger partial charge in [-0.2, -0.15) is 0 Å². The van der Waals surface area contributed by atoms with Crippen molar-refractivity contribution in [2.75, 3.05) is 32.7 Å². The van der Waals surface area contributed by atoms with Crippen molar-refractivity contribution in [1.82, 2.24) is 15.1 Å². The van der Waals surface area contributed by atoms with Gasteiger partial charge in [-0.3, -0.25) is 9.59 Å². The Morgan fingerprint density at radius 3 is 2.40 bits per heavy atom. The molecule has 2 saturated heterocycles. The molecule has 0 aromatic heterocycles. The van der Waals surface area contributed by atoms with E-state index in [1.54, 1.807) is 0 Å². The maximum Gasteiger partial charge on any atom is 0.227 e. The molecule has 0 bridgehead atoms. The van der Waals surface area contributed by atoms with Gasteiger partial charge in [-0.25, -0.2) is 0 Å². The first-order chi connectivity index (χ1) is 12.1. The lowest BCUT2D eigenvalue weighted by molar-refractivity contribution is -0.143. The van der Waals surface area contributed by atoms with Crippen LogP contribution in [0.25, 0.3) is 0 Å². The smallest absolute Gasteiger partial charge is 0.227 e. The molecule has 3 aliphatic rings. The molecule has 25 heavy (non-hydrogen) atoms. The lowest BCUT2D eigenvalue weighted by Crippen LogP contribution is -2.51. The van der Waals surface area contributed by atoms with Gasteiger partial charge < -0.3 is 15.1 Å². The third kappa shape index (κ3) is 4.96. The second-order valence-electron chi connectivity index (χ2n) is 8.38. The first kappa shape index (κ1) is 18.7. The molecule has 2 amide bonds. The van der Waals surface area contributed by atoms with Gasteiger partial charge in [0.05, 0.1) is 5.92 Å². The Morgan fingerprint density at radius 1 is 1.04 bits per heavy atom. The van der Waals surface area contributed by atoms with Crippen molar-refractivity contribution in [2.45, 2.75) is 64.8 Å². The molecule has 5 heteroatoms. The molecule has 0 spiro atoms. The Bertz CT molecular complexity index is 470. The van der Waals surface area contributed by atoms with E-state index in [0.29, 0.717) is 12.6 Å². The van der Waals surface area contributed by atoms with Gasteiger partial charge in [-0.15, -0.1) is 0 Å². The molecule has 0 aromatic carbocycles. The highest BCUT2D eigenvalue weighted by Crippen LogP contribution is 2.28. The van der Waals surface area contributed by atoms with Crippen LogP contribution in [0.15, 0.2) is 0 Å². The molecule has 1 N–H and O–H groups in total. The fraction of sp³-hybridized carbons (Fsp3) is 0.900. The molecule has 2 heterocycles. The molecule has 0 radical (unpaired) electrons. The third-order valence-electron chi connectivity index (χ3n) is 6.32. The third-order valence-corrected chi connectivity index (χ3v) is 6.32. The second-order valence-corrected chi connectivity index (χ2v) is 8.38. The highest BCUT2D eigenvalue weighted by molar-refractivity contribution is 5.82. The first-order valence-electron chi connectivity index (χ1n) is 10.4. The number of nitrogens with one attached hydrogen (secondary N) is 1. The number of hydrogen-bond acceptors (Lipinski definition) is 3. The standard InChI is InChI=1S/C20H35N3O2/c1-3-15(2)19(24)23-10-4-5-17(14-23)20(25)22-11-8-18(9-12-22)21-13-16-6-7-16/h15-18,21H,3-14H2,1-2H3. The van der Waals surface area contributed by atoms with E-state index in [4.69, 9.17) is 0 Å². The van der Waals surface area contributed by atoms with Crippen LogP contribution in [0.1, 0.15) is 58.8 Å². The van der Waals surface area contributed by atoms with Gasteiger partial charge in [-0.05, 0) is 57.4 Å². The van der Waals surface area contributed by atoms with Crippen molar-refractivity contribution in [3.8, 4) is 0 Å². The Kier molecular flexibility index (Phi) is 6.37. The lowest BCUT2D eigenvalue weighted by Gasteiger charge is -2.38. The number of carbonyl (C=O) groups excluding carboxylic acids is 2. The maximum atomic E-state index is 12.9. The topological polar surface area (TPSA) is 52.7 Å². The number of piperidine rings is 2. The van der Waals surface area contributed by atoms with E-state index in [-0.39, 0.29) is 23.7 Å².